The van der Waals surface area contributed by atoms with E-state index in [4.69, 9.17) is 14.9 Å². The van der Waals surface area contributed by atoms with Crippen LogP contribution in [0.5, 0.6) is 0 Å². The Morgan fingerprint density at radius 1 is 1.41 bits per heavy atom. The second-order valence-corrected chi connectivity index (χ2v) is 4.33. The first-order chi connectivity index (χ1) is 8.13. The first-order valence-corrected chi connectivity index (χ1v) is 5.99. The lowest BCUT2D eigenvalue weighted by atomic mass is 10.1. The number of nitrogens with two attached hydrogens (primary N) is 1. The van der Waals surface area contributed by atoms with Crippen molar-refractivity contribution < 1.29 is 9.15 Å². The van der Waals surface area contributed by atoms with Gasteiger partial charge in [0.2, 0.25) is 0 Å². The zero-order valence-corrected chi connectivity index (χ0v) is 10.6. The van der Waals surface area contributed by atoms with Gasteiger partial charge in [0.25, 0.3) is 0 Å². The van der Waals surface area contributed by atoms with Gasteiger partial charge in [-0.1, -0.05) is 18.2 Å². The third kappa shape index (κ3) is 2.35. The molecular formula is C14H19NO2. The number of para-hydroxylation sites is 1. The standard InChI is InChI=1S/C14H19NO2/c1-4-16-10(3)13(15)12-8-11-7-5-6-9(2)14(11)17-12/h5-8,10,13H,4,15H2,1-3H3. The fourth-order valence-electron chi connectivity index (χ4n) is 1.99. The normalized spacial score (nSPS) is 15.1. The zero-order valence-electron chi connectivity index (χ0n) is 10.6. The molecular weight excluding hydrogens is 214 g/mol. The lowest BCUT2D eigenvalue weighted by molar-refractivity contribution is 0.0527. The molecule has 0 amide bonds. The summed E-state index contributed by atoms with van der Waals surface area (Å²) in [6.07, 6.45) is -0.0409. The summed E-state index contributed by atoms with van der Waals surface area (Å²) in [5.74, 6) is 0.787. The highest BCUT2D eigenvalue weighted by molar-refractivity contribution is 5.81. The highest BCUT2D eigenvalue weighted by atomic mass is 16.5. The second-order valence-electron chi connectivity index (χ2n) is 4.33. The van der Waals surface area contributed by atoms with Crippen LogP contribution in [0.1, 0.15) is 31.2 Å². The number of rotatable bonds is 4. The Hall–Kier alpha value is -1.32. The fourth-order valence-corrected chi connectivity index (χ4v) is 1.99. The molecule has 0 bridgehead atoms. The highest BCUT2D eigenvalue weighted by Crippen LogP contribution is 2.27. The molecule has 0 spiro atoms. The van der Waals surface area contributed by atoms with Crippen LogP contribution in [0.15, 0.2) is 28.7 Å². The SMILES string of the molecule is CCOC(C)C(N)c1cc2cccc(C)c2o1. The van der Waals surface area contributed by atoms with Crippen LogP contribution in [0.3, 0.4) is 0 Å². The van der Waals surface area contributed by atoms with Gasteiger partial charge in [-0.05, 0) is 32.4 Å². The largest absolute Gasteiger partial charge is 0.459 e. The summed E-state index contributed by atoms with van der Waals surface area (Å²) in [6, 6.07) is 7.87. The number of aryl methyl sites for hydroxylation is 1. The number of fused-ring (bicyclic) bond motifs is 1. The average Bonchev–Trinajstić information content (AvgIpc) is 2.73. The Morgan fingerprint density at radius 3 is 2.82 bits per heavy atom. The van der Waals surface area contributed by atoms with Gasteiger partial charge in [-0.15, -0.1) is 0 Å². The van der Waals surface area contributed by atoms with Crippen LogP contribution in [-0.2, 0) is 4.74 Å². The highest BCUT2D eigenvalue weighted by Gasteiger charge is 2.19. The summed E-state index contributed by atoms with van der Waals surface area (Å²) in [4.78, 5) is 0. The molecule has 0 saturated carbocycles. The van der Waals surface area contributed by atoms with Crippen molar-refractivity contribution in [3.8, 4) is 0 Å². The van der Waals surface area contributed by atoms with Crippen molar-refractivity contribution in [1.82, 2.24) is 0 Å². The molecule has 2 unspecified atom stereocenters. The van der Waals surface area contributed by atoms with Gasteiger partial charge < -0.3 is 14.9 Å². The molecule has 2 N–H and O–H groups in total. The Kier molecular flexibility index (Phi) is 3.50. The summed E-state index contributed by atoms with van der Waals surface area (Å²) >= 11 is 0. The van der Waals surface area contributed by atoms with Gasteiger partial charge in [0.1, 0.15) is 11.3 Å². The molecule has 1 heterocycles. The van der Waals surface area contributed by atoms with Crippen molar-refractivity contribution in [2.45, 2.75) is 32.9 Å². The molecule has 1 aromatic carbocycles. The molecule has 3 nitrogen and oxygen atoms in total. The first-order valence-electron chi connectivity index (χ1n) is 5.99. The number of hydrogen-bond acceptors (Lipinski definition) is 3. The molecule has 0 aliphatic carbocycles. The Balaban J connectivity index is 2.33. The van der Waals surface area contributed by atoms with Crippen LogP contribution in [0, 0.1) is 6.92 Å². The van der Waals surface area contributed by atoms with Gasteiger partial charge in [-0.2, -0.15) is 0 Å². The number of hydrogen-bond donors (Lipinski definition) is 1. The molecule has 1 aromatic heterocycles. The van der Waals surface area contributed by atoms with Gasteiger partial charge in [0, 0.05) is 12.0 Å². The zero-order chi connectivity index (χ0) is 12.4. The van der Waals surface area contributed by atoms with Crippen LogP contribution in [0.2, 0.25) is 0 Å². The minimum atomic E-state index is -0.221. The molecule has 0 aliphatic rings. The summed E-state index contributed by atoms with van der Waals surface area (Å²) < 4.78 is 11.3. The van der Waals surface area contributed by atoms with Crippen molar-refractivity contribution in [2.75, 3.05) is 6.61 Å². The Labute approximate surface area is 102 Å². The maximum atomic E-state index is 6.12. The van der Waals surface area contributed by atoms with Gasteiger partial charge >= 0.3 is 0 Å². The molecule has 0 saturated heterocycles. The predicted octanol–water partition coefficient (Wildman–Crippen LogP) is 3.17. The van der Waals surface area contributed by atoms with Gasteiger partial charge in [0.05, 0.1) is 12.1 Å². The minimum absolute atomic E-state index is 0.0409. The fraction of sp³-hybridized carbons (Fsp3) is 0.429. The van der Waals surface area contributed by atoms with Crippen LogP contribution in [0.4, 0.5) is 0 Å². The van der Waals surface area contributed by atoms with Gasteiger partial charge in [-0.25, -0.2) is 0 Å². The molecule has 17 heavy (non-hydrogen) atoms. The lowest BCUT2D eigenvalue weighted by Gasteiger charge is -2.17. The molecule has 0 aliphatic heterocycles. The molecule has 2 atom stereocenters. The van der Waals surface area contributed by atoms with E-state index in [-0.39, 0.29) is 12.1 Å². The number of furan rings is 1. The van der Waals surface area contributed by atoms with Crippen LogP contribution < -0.4 is 5.73 Å². The molecule has 2 aromatic rings. The van der Waals surface area contributed by atoms with E-state index in [1.54, 1.807) is 0 Å². The number of ether oxygens (including phenoxy) is 1. The van der Waals surface area contributed by atoms with Crippen LogP contribution in [0.25, 0.3) is 11.0 Å². The van der Waals surface area contributed by atoms with E-state index < -0.39 is 0 Å². The molecule has 92 valence electrons. The predicted molar refractivity (Wildman–Crippen MR) is 69.0 cm³/mol. The number of benzene rings is 1. The maximum Gasteiger partial charge on any atom is 0.137 e. The first kappa shape index (κ1) is 12.1. The van der Waals surface area contributed by atoms with Crippen molar-refractivity contribution >= 4 is 11.0 Å². The van der Waals surface area contributed by atoms with Crippen molar-refractivity contribution in [1.29, 1.82) is 0 Å². The third-order valence-corrected chi connectivity index (χ3v) is 3.02. The minimum Gasteiger partial charge on any atom is -0.459 e. The molecule has 0 radical (unpaired) electrons. The van der Waals surface area contributed by atoms with Crippen LogP contribution in [-0.4, -0.2) is 12.7 Å². The van der Waals surface area contributed by atoms with E-state index in [1.807, 2.05) is 45.0 Å². The molecule has 2 rings (SSSR count). The smallest absolute Gasteiger partial charge is 0.137 e. The Morgan fingerprint density at radius 2 is 2.18 bits per heavy atom. The van der Waals surface area contributed by atoms with E-state index in [2.05, 4.69) is 0 Å². The molecule has 3 heteroatoms. The summed E-state index contributed by atoms with van der Waals surface area (Å²) in [5.41, 5.74) is 8.17. The quantitative estimate of drug-likeness (QED) is 0.882. The summed E-state index contributed by atoms with van der Waals surface area (Å²) in [7, 11) is 0. The van der Waals surface area contributed by atoms with Crippen molar-refractivity contribution in [3.63, 3.8) is 0 Å². The average molecular weight is 233 g/mol. The van der Waals surface area contributed by atoms with Gasteiger partial charge in [0.15, 0.2) is 0 Å². The van der Waals surface area contributed by atoms with Crippen molar-refractivity contribution in [2.24, 2.45) is 5.73 Å². The second kappa shape index (κ2) is 4.90. The van der Waals surface area contributed by atoms with E-state index in [0.717, 1.165) is 22.3 Å². The molecule has 0 fully saturated rings. The maximum absolute atomic E-state index is 6.12. The monoisotopic (exact) mass is 233 g/mol. The Bertz CT molecular complexity index is 504. The lowest BCUT2D eigenvalue weighted by Crippen LogP contribution is -2.25. The third-order valence-electron chi connectivity index (χ3n) is 3.02. The topological polar surface area (TPSA) is 48.4 Å². The van der Waals surface area contributed by atoms with E-state index >= 15 is 0 Å². The summed E-state index contributed by atoms with van der Waals surface area (Å²) in [6.45, 7) is 6.63. The van der Waals surface area contributed by atoms with Crippen LogP contribution >= 0.6 is 0 Å². The summed E-state index contributed by atoms with van der Waals surface area (Å²) in [5, 5.41) is 1.10. The van der Waals surface area contributed by atoms with E-state index in [0.29, 0.717) is 6.61 Å². The van der Waals surface area contributed by atoms with E-state index in [9.17, 15) is 0 Å². The van der Waals surface area contributed by atoms with Gasteiger partial charge in [-0.3, -0.25) is 0 Å². The van der Waals surface area contributed by atoms with Crippen molar-refractivity contribution in [3.05, 3.63) is 35.6 Å². The van der Waals surface area contributed by atoms with E-state index in [1.165, 1.54) is 0 Å².